The average molecular weight is 210 g/mol. The standard InChI is InChI=1S/C10H18N4O/c1-8(11-2)10(15)14(4)7-9-12-5-6-13(9)3/h5-6,8,11H,7H2,1-4H3. The number of amides is 1. The molecule has 0 aromatic carbocycles. The van der Waals surface area contributed by atoms with Crippen LogP contribution >= 0.6 is 0 Å². The van der Waals surface area contributed by atoms with Gasteiger partial charge in [-0.2, -0.15) is 0 Å². The van der Waals surface area contributed by atoms with Crippen molar-refractivity contribution < 1.29 is 4.79 Å². The minimum absolute atomic E-state index is 0.0699. The van der Waals surface area contributed by atoms with Crippen molar-refractivity contribution in [2.45, 2.75) is 19.5 Å². The van der Waals surface area contributed by atoms with E-state index in [1.807, 2.05) is 24.7 Å². The molecule has 0 radical (unpaired) electrons. The minimum Gasteiger partial charge on any atom is -0.337 e. The Balaban J connectivity index is 2.60. The predicted octanol–water partition coefficient (Wildman–Crippen LogP) is -0.0136. The molecule has 15 heavy (non-hydrogen) atoms. The van der Waals surface area contributed by atoms with Crippen LogP contribution in [0.5, 0.6) is 0 Å². The Hall–Kier alpha value is -1.36. The molecule has 1 amide bonds. The van der Waals surface area contributed by atoms with Crippen molar-refractivity contribution in [3.05, 3.63) is 18.2 Å². The molecule has 0 bridgehead atoms. The number of hydrogen-bond donors (Lipinski definition) is 1. The lowest BCUT2D eigenvalue weighted by molar-refractivity contribution is -0.132. The summed E-state index contributed by atoms with van der Waals surface area (Å²) in [6.45, 7) is 2.38. The molecular weight excluding hydrogens is 192 g/mol. The Kier molecular flexibility index (Phi) is 3.85. The second kappa shape index (κ2) is 4.93. The number of carbonyl (C=O) groups is 1. The molecule has 0 aliphatic carbocycles. The number of nitrogens with zero attached hydrogens (tertiary/aromatic N) is 3. The number of imidazole rings is 1. The number of rotatable bonds is 4. The van der Waals surface area contributed by atoms with E-state index in [2.05, 4.69) is 10.3 Å². The van der Waals surface area contributed by atoms with Crippen molar-refractivity contribution in [2.75, 3.05) is 14.1 Å². The zero-order chi connectivity index (χ0) is 11.4. The fraction of sp³-hybridized carbons (Fsp3) is 0.600. The summed E-state index contributed by atoms with van der Waals surface area (Å²) in [5.74, 6) is 0.953. The topological polar surface area (TPSA) is 50.2 Å². The highest BCUT2D eigenvalue weighted by Crippen LogP contribution is 2.01. The first kappa shape index (κ1) is 11.7. The molecule has 84 valence electrons. The summed E-state index contributed by atoms with van der Waals surface area (Å²) in [5, 5.41) is 2.92. The van der Waals surface area contributed by atoms with Crippen molar-refractivity contribution in [1.82, 2.24) is 19.8 Å². The second-order valence-corrected chi connectivity index (χ2v) is 3.66. The molecule has 1 unspecified atom stereocenters. The minimum atomic E-state index is -0.157. The van der Waals surface area contributed by atoms with E-state index in [-0.39, 0.29) is 11.9 Å². The van der Waals surface area contributed by atoms with E-state index >= 15 is 0 Å². The van der Waals surface area contributed by atoms with Gasteiger partial charge in [-0.25, -0.2) is 4.98 Å². The highest BCUT2D eigenvalue weighted by atomic mass is 16.2. The molecule has 0 fully saturated rings. The molecule has 5 heteroatoms. The number of aromatic nitrogens is 2. The van der Waals surface area contributed by atoms with Crippen molar-refractivity contribution in [2.24, 2.45) is 7.05 Å². The summed E-state index contributed by atoms with van der Waals surface area (Å²) in [6.07, 6.45) is 3.60. The summed E-state index contributed by atoms with van der Waals surface area (Å²) >= 11 is 0. The summed E-state index contributed by atoms with van der Waals surface area (Å²) in [6, 6.07) is -0.157. The number of likely N-dealkylation sites (N-methyl/N-ethyl adjacent to an activating group) is 2. The van der Waals surface area contributed by atoms with Crippen LogP contribution in [0.15, 0.2) is 12.4 Å². The number of nitrogens with one attached hydrogen (secondary N) is 1. The molecular formula is C10H18N4O. The van der Waals surface area contributed by atoms with Gasteiger partial charge in [0.25, 0.3) is 0 Å². The van der Waals surface area contributed by atoms with E-state index in [1.165, 1.54) is 0 Å². The van der Waals surface area contributed by atoms with Gasteiger partial charge in [-0.1, -0.05) is 0 Å². The maximum atomic E-state index is 11.7. The zero-order valence-electron chi connectivity index (χ0n) is 9.69. The first-order valence-corrected chi connectivity index (χ1v) is 4.94. The monoisotopic (exact) mass is 210 g/mol. The molecule has 1 rings (SSSR count). The van der Waals surface area contributed by atoms with Crippen LogP contribution in [0.25, 0.3) is 0 Å². The number of hydrogen-bond acceptors (Lipinski definition) is 3. The molecule has 0 spiro atoms. The van der Waals surface area contributed by atoms with Crippen LogP contribution in [-0.2, 0) is 18.4 Å². The van der Waals surface area contributed by atoms with E-state index < -0.39 is 0 Å². The van der Waals surface area contributed by atoms with E-state index in [1.54, 1.807) is 25.2 Å². The maximum absolute atomic E-state index is 11.7. The largest absolute Gasteiger partial charge is 0.337 e. The SMILES string of the molecule is CNC(C)C(=O)N(C)Cc1nccn1C. The van der Waals surface area contributed by atoms with Gasteiger partial charge in [-0.15, -0.1) is 0 Å². The second-order valence-electron chi connectivity index (χ2n) is 3.66. The summed E-state index contributed by atoms with van der Waals surface area (Å²) < 4.78 is 1.91. The third-order valence-corrected chi connectivity index (χ3v) is 2.48. The van der Waals surface area contributed by atoms with Gasteiger partial charge in [0.05, 0.1) is 12.6 Å². The summed E-state index contributed by atoms with van der Waals surface area (Å²) in [4.78, 5) is 17.6. The van der Waals surface area contributed by atoms with Crippen molar-refractivity contribution in [1.29, 1.82) is 0 Å². The van der Waals surface area contributed by atoms with E-state index in [0.717, 1.165) is 5.82 Å². The molecule has 0 aliphatic heterocycles. The molecule has 5 nitrogen and oxygen atoms in total. The smallest absolute Gasteiger partial charge is 0.239 e. The van der Waals surface area contributed by atoms with Gasteiger partial charge < -0.3 is 14.8 Å². The van der Waals surface area contributed by atoms with Crippen molar-refractivity contribution in [3.63, 3.8) is 0 Å². The van der Waals surface area contributed by atoms with Crippen LogP contribution < -0.4 is 5.32 Å². The third-order valence-electron chi connectivity index (χ3n) is 2.48. The number of aryl methyl sites for hydroxylation is 1. The molecule has 1 heterocycles. The highest BCUT2D eigenvalue weighted by molar-refractivity contribution is 5.81. The fourth-order valence-electron chi connectivity index (χ4n) is 1.29. The maximum Gasteiger partial charge on any atom is 0.239 e. The quantitative estimate of drug-likeness (QED) is 0.760. The highest BCUT2D eigenvalue weighted by Gasteiger charge is 2.16. The van der Waals surface area contributed by atoms with Crippen LogP contribution in [0, 0.1) is 0 Å². The molecule has 0 saturated carbocycles. The van der Waals surface area contributed by atoms with Crippen molar-refractivity contribution in [3.8, 4) is 0 Å². The lowest BCUT2D eigenvalue weighted by Gasteiger charge is -2.20. The normalized spacial score (nSPS) is 12.5. The third kappa shape index (κ3) is 2.79. The first-order valence-electron chi connectivity index (χ1n) is 4.94. The van der Waals surface area contributed by atoms with E-state index in [9.17, 15) is 4.79 Å². The van der Waals surface area contributed by atoms with Crippen molar-refractivity contribution >= 4 is 5.91 Å². The van der Waals surface area contributed by atoms with Crippen LogP contribution in [0.3, 0.4) is 0 Å². The average Bonchev–Trinajstić information content (AvgIpc) is 2.62. The van der Waals surface area contributed by atoms with Crippen LogP contribution in [0.1, 0.15) is 12.7 Å². The van der Waals surface area contributed by atoms with Gasteiger partial charge in [0.2, 0.25) is 5.91 Å². The Labute approximate surface area is 90.1 Å². The Morgan fingerprint density at radius 3 is 2.87 bits per heavy atom. The Morgan fingerprint density at radius 1 is 1.73 bits per heavy atom. The Bertz CT molecular complexity index is 334. The molecule has 0 aliphatic rings. The van der Waals surface area contributed by atoms with E-state index in [4.69, 9.17) is 0 Å². The summed E-state index contributed by atoms with van der Waals surface area (Å²) in [5.41, 5.74) is 0. The molecule has 0 saturated heterocycles. The lowest BCUT2D eigenvalue weighted by Crippen LogP contribution is -2.41. The molecule has 1 aromatic rings. The van der Waals surface area contributed by atoms with Crippen LogP contribution in [-0.4, -0.2) is 40.5 Å². The van der Waals surface area contributed by atoms with Gasteiger partial charge in [0.15, 0.2) is 0 Å². The van der Waals surface area contributed by atoms with Gasteiger partial charge in [-0.3, -0.25) is 4.79 Å². The van der Waals surface area contributed by atoms with Gasteiger partial charge in [0.1, 0.15) is 5.82 Å². The first-order chi connectivity index (χ1) is 7.06. The fourth-order valence-corrected chi connectivity index (χ4v) is 1.29. The lowest BCUT2D eigenvalue weighted by atomic mass is 10.3. The van der Waals surface area contributed by atoms with Gasteiger partial charge >= 0.3 is 0 Å². The van der Waals surface area contributed by atoms with Crippen LogP contribution in [0.2, 0.25) is 0 Å². The Morgan fingerprint density at radius 2 is 2.40 bits per heavy atom. The molecule has 1 N–H and O–H groups in total. The van der Waals surface area contributed by atoms with Gasteiger partial charge in [0, 0.05) is 26.5 Å². The number of carbonyl (C=O) groups excluding carboxylic acids is 1. The molecule has 1 atom stereocenters. The van der Waals surface area contributed by atoms with Gasteiger partial charge in [-0.05, 0) is 14.0 Å². The zero-order valence-corrected chi connectivity index (χ0v) is 9.69. The van der Waals surface area contributed by atoms with Crippen LogP contribution in [0.4, 0.5) is 0 Å². The predicted molar refractivity (Wildman–Crippen MR) is 58.2 cm³/mol. The van der Waals surface area contributed by atoms with E-state index in [0.29, 0.717) is 6.54 Å². The summed E-state index contributed by atoms with van der Waals surface area (Å²) in [7, 11) is 5.48. The molecule has 1 aromatic heterocycles.